The first kappa shape index (κ1) is 13.6. The summed E-state index contributed by atoms with van der Waals surface area (Å²) in [6, 6.07) is 5.84. The Kier molecular flexibility index (Phi) is 4.60. The third kappa shape index (κ3) is 3.41. The summed E-state index contributed by atoms with van der Waals surface area (Å²) in [6.45, 7) is 2.40. The zero-order valence-electron chi connectivity index (χ0n) is 12.1. The van der Waals surface area contributed by atoms with Crippen LogP contribution in [0.2, 0.25) is 0 Å². The predicted molar refractivity (Wildman–Crippen MR) is 83.6 cm³/mol. The number of nitrogens with one attached hydrogen (secondary N) is 1. The Hall–Kier alpha value is -0.340. The molecule has 0 bridgehead atoms. The van der Waals surface area contributed by atoms with E-state index in [1.54, 1.807) is 4.88 Å². The Labute approximate surface area is 121 Å². The van der Waals surface area contributed by atoms with Crippen LogP contribution in [0.15, 0.2) is 17.5 Å². The third-order valence-electron chi connectivity index (χ3n) is 5.10. The maximum Gasteiger partial charge on any atom is 0.0445 e. The van der Waals surface area contributed by atoms with Crippen LogP contribution < -0.4 is 5.32 Å². The van der Waals surface area contributed by atoms with Crippen LogP contribution in [0.25, 0.3) is 0 Å². The van der Waals surface area contributed by atoms with Gasteiger partial charge in [-0.3, -0.25) is 0 Å². The largest absolute Gasteiger partial charge is 0.306 e. The van der Waals surface area contributed by atoms with Gasteiger partial charge in [-0.1, -0.05) is 38.2 Å². The molecule has 2 atom stereocenters. The van der Waals surface area contributed by atoms with E-state index in [9.17, 15) is 0 Å². The average molecular weight is 277 g/mol. The third-order valence-corrected chi connectivity index (χ3v) is 6.05. The molecular weight excluding hydrogens is 250 g/mol. The Morgan fingerprint density at radius 2 is 2.00 bits per heavy atom. The summed E-state index contributed by atoms with van der Waals surface area (Å²) in [6.07, 6.45) is 11.5. The molecule has 106 valence electrons. The zero-order chi connectivity index (χ0) is 13.1. The van der Waals surface area contributed by atoms with Crippen molar-refractivity contribution in [2.75, 3.05) is 0 Å². The van der Waals surface area contributed by atoms with Crippen LogP contribution in [-0.2, 0) is 0 Å². The fraction of sp³-hybridized carbons (Fsp3) is 0.765. The molecule has 3 rings (SSSR count). The molecule has 2 fully saturated rings. The molecule has 0 amide bonds. The number of hydrogen-bond donors (Lipinski definition) is 1. The van der Waals surface area contributed by atoms with Gasteiger partial charge >= 0.3 is 0 Å². The van der Waals surface area contributed by atoms with Crippen LogP contribution in [-0.4, -0.2) is 6.04 Å². The second-order valence-corrected chi connectivity index (χ2v) is 7.62. The second kappa shape index (κ2) is 6.41. The van der Waals surface area contributed by atoms with Crippen LogP contribution in [0.4, 0.5) is 0 Å². The fourth-order valence-corrected chi connectivity index (χ4v) is 4.69. The normalized spacial score (nSPS) is 24.3. The molecule has 1 aromatic heterocycles. The van der Waals surface area contributed by atoms with E-state index in [1.165, 1.54) is 51.4 Å². The van der Waals surface area contributed by atoms with E-state index in [4.69, 9.17) is 0 Å². The van der Waals surface area contributed by atoms with Crippen molar-refractivity contribution >= 4 is 11.3 Å². The highest BCUT2D eigenvalue weighted by Crippen LogP contribution is 2.38. The molecule has 0 spiro atoms. The predicted octanol–water partition coefficient (Wildman–Crippen LogP) is 5.15. The molecule has 0 aliphatic heterocycles. The van der Waals surface area contributed by atoms with E-state index < -0.39 is 0 Å². The van der Waals surface area contributed by atoms with Gasteiger partial charge in [0.15, 0.2) is 0 Å². The van der Waals surface area contributed by atoms with Gasteiger partial charge in [0.1, 0.15) is 0 Å². The molecule has 1 heterocycles. The van der Waals surface area contributed by atoms with Crippen LogP contribution in [0.1, 0.15) is 69.2 Å². The maximum absolute atomic E-state index is 3.97. The first-order valence-corrected chi connectivity index (χ1v) is 9.00. The number of thiophene rings is 1. The van der Waals surface area contributed by atoms with Gasteiger partial charge in [0, 0.05) is 17.0 Å². The standard InChI is InChI=1S/C17H27NS/c1-13(12-14-6-4-7-14)18-17(15-8-2-3-9-15)16-10-5-11-19-16/h5,10-11,13-15,17-18H,2-4,6-9,12H2,1H3. The minimum atomic E-state index is 0.623. The summed E-state index contributed by atoms with van der Waals surface area (Å²) >= 11 is 1.94. The Balaban J connectivity index is 1.61. The van der Waals surface area contributed by atoms with Crippen molar-refractivity contribution in [3.63, 3.8) is 0 Å². The molecule has 0 aromatic carbocycles. The van der Waals surface area contributed by atoms with Crippen molar-refractivity contribution in [2.24, 2.45) is 11.8 Å². The lowest BCUT2D eigenvalue weighted by atomic mass is 9.81. The first-order chi connectivity index (χ1) is 9.33. The Morgan fingerprint density at radius 1 is 1.21 bits per heavy atom. The molecule has 2 aliphatic rings. The Bertz CT molecular complexity index is 363. The lowest BCUT2D eigenvalue weighted by Gasteiger charge is -2.32. The van der Waals surface area contributed by atoms with Gasteiger partial charge in [-0.05, 0) is 49.5 Å². The highest BCUT2D eigenvalue weighted by molar-refractivity contribution is 7.10. The summed E-state index contributed by atoms with van der Waals surface area (Å²) in [5, 5.41) is 6.20. The van der Waals surface area contributed by atoms with E-state index in [-0.39, 0.29) is 0 Å². The molecule has 2 unspecified atom stereocenters. The molecule has 2 saturated carbocycles. The molecule has 1 nitrogen and oxygen atoms in total. The average Bonchev–Trinajstić information content (AvgIpc) is 3.02. The van der Waals surface area contributed by atoms with Gasteiger partial charge in [-0.15, -0.1) is 11.3 Å². The maximum atomic E-state index is 3.97. The van der Waals surface area contributed by atoms with Gasteiger partial charge in [0.2, 0.25) is 0 Å². The molecule has 19 heavy (non-hydrogen) atoms. The van der Waals surface area contributed by atoms with Gasteiger partial charge in [-0.25, -0.2) is 0 Å². The molecule has 2 heteroatoms. The zero-order valence-corrected chi connectivity index (χ0v) is 12.9. The van der Waals surface area contributed by atoms with Crippen molar-refractivity contribution in [1.82, 2.24) is 5.32 Å². The summed E-state index contributed by atoms with van der Waals surface area (Å²) in [5.41, 5.74) is 0. The molecule has 1 N–H and O–H groups in total. The molecule has 0 saturated heterocycles. The molecule has 1 aromatic rings. The van der Waals surface area contributed by atoms with E-state index in [2.05, 4.69) is 29.8 Å². The van der Waals surface area contributed by atoms with E-state index in [0.717, 1.165) is 11.8 Å². The van der Waals surface area contributed by atoms with Crippen molar-refractivity contribution in [2.45, 2.75) is 70.4 Å². The summed E-state index contributed by atoms with van der Waals surface area (Å²) in [7, 11) is 0. The van der Waals surface area contributed by atoms with E-state index in [0.29, 0.717) is 12.1 Å². The summed E-state index contributed by atoms with van der Waals surface area (Å²) in [5.74, 6) is 1.89. The van der Waals surface area contributed by atoms with Crippen molar-refractivity contribution in [3.8, 4) is 0 Å². The van der Waals surface area contributed by atoms with E-state index in [1.807, 2.05) is 11.3 Å². The quantitative estimate of drug-likeness (QED) is 0.758. The first-order valence-electron chi connectivity index (χ1n) is 8.12. The Morgan fingerprint density at radius 3 is 2.58 bits per heavy atom. The van der Waals surface area contributed by atoms with Gasteiger partial charge in [0.05, 0.1) is 0 Å². The summed E-state index contributed by atoms with van der Waals surface area (Å²) in [4.78, 5) is 1.56. The topological polar surface area (TPSA) is 12.0 Å². The highest BCUT2D eigenvalue weighted by Gasteiger charge is 2.29. The van der Waals surface area contributed by atoms with Gasteiger partial charge in [-0.2, -0.15) is 0 Å². The fourth-order valence-electron chi connectivity index (χ4n) is 3.81. The van der Waals surface area contributed by atoms with Crippen LogP contribution in [0.3, 0.4) is 0 Å². The number of rotatable bonds is 6. The van der Waals surface area contributed by atoms with Crippen molar-refractivity contribution < 1.29 is 0 Å². The highest BCUT2D eigenvalue weighted by atomic mass is 32.1. The summed E-state index contributed by atoms with van der Waals surface area (Å²) < 4.78 is 0. The lowest BCUT2D eigenvalue weighted by Crippen LogP contribution is -2.36. The van der Waals surface area contributed by atoms with Gasteiger partial charge < -0.3 is 5.32 Å². The van der Waals surface area contributed by atoms with Crippen LogP contribution >= 0.6 is 11.3 Å². The van der Waals surface area contributed by atoms with Gasteiger partial charge in [0.25, 0.3) is 0 Å². The van der Waals surface area contributed by atoms with Crippen molar-refractivity contribution in [3.05, 3.63) is 22.4 Å². The van der Waals surface area contributed by atoms with Crippen molar-refractivity contribution in [1.29, 1.82) is 0 Å². The minimum Gasteiger partial charge on any atom is -0.306 e. The minimum absolute atomic E-state index is 0.623. The molecule has 2 aliphatic carbocycles. The molecule has 0 radical (unpaired) electrons. The second-order valence-electron chi connectivity index (χ2n) is 6.64. The van der Waals surface area contributed by atoms with E-state index >= 15 is 0 Å². The number of hydrogen-bond acceptors (Lipinski definition) is 2. The van der Waals surface area contributed by atoms with Crippen LogP contribution in [0.5, 0.6) is 0 Å². The lowest BCUT2D eigenvalue weighted by molar-refractivity contribution is 0.243. The monoisotopic (exact) mass is 277 g/mol. The smallest absolute Gasteiger partial charge is 0.0445 e. The SMILES string of the molecule is CC(CC1CCC1)NC(c1cccs1)C1CCCC1. The molecular formula is C17H27NS. The van der Waals surface area contributed by atoms with Crippen LogP contribution in [0, 0.1) is 11.8 Å².